The number of allylic oxidation sites excluding steroid dienone is 2. The molecule has 0 saturated heterocycles. The van der Waals surface area contributed by atoms with E-state index in [2.05, 4.69) is 50.0 Å². The zero-order valence-corrected chi connectivity index (χ0v) is 11.5. The third-order valence-corrected chi connectivity index (χ3v) is 3.13. The molecule has 0 heterocycles. The van der Waals surface area contributed by atoms with Crippen molar-refractivity contribution >= 4 is 5.57 Å². The lowest BCUT2D eigenvalue weighted by atomic mass is 9.99. The Hall–Kier alpha value is -2.26. The summed E-state index contributed by atoms with van der Waals surface area (Å²) in [5.41, 5.74) is 4.73. The Morgan fingerprint density at radius 2 is 1.47 bits per heavy atom. The quantitative estimate of drug-likeness (QED) is 0.660. The van der Waals surface area contributed by atoms with Crippen LogP contribution in [0.4, 0.5) is 0 Å². The molecule has 0 amide bonds. The van der Waals surface area contributed by atoms with E-state index in [0.717, 1.165) is 17.6 Å². The highest BCUT2D eigenvalue weighted by molar-refractivity contribution is 5.81. The van der Waals surface area contributed by atoms with Crippen molar-refractivity contribution in [2.24, 2.45) is 0 Å². The Kier molecular flexibility index (Phi) is 4.59. The second kappa shape index (κ2) is 6.61. The summed E-state index contributed by atoms with van der Waals surface area (Å²) in [5, 5.41) is 0. The van der Waals surface area contributed by atoms with Crippen molar-refractivity contribution in [2.45, 2.75) is 20.3 Å². The van der Waals surface area contributed by atoms with Crippen LogP contribution in [0.5, 0.6) is 0 Å². The number of hydrogen-bond acceptors (Lipinski definition) is 0. The van der Waals surface area contributed by atoms with Crippen LogP contribution >= 0.6 is 0 Å². The summed E-state index contributed by atoms with van der Waals surface area (Å²) in [6.07, 6.45) is 1.02. The number of benzene rings is 2. The molecule has 0 bridgehead atoms. The summed E-state index contributed by atoms with van der Waals surface area (Å²) >= 11 is 0. The highest BCUT2D eigenvalue weighted by atomic mass is 14.0. The van der Waals surface area contributed by atoms with Crippen molar-refractivity contribution in [3.8, 4) is 11.8 Å². The third kappa shape index (κ3) is 3.60. The lowest BCUT2D eigenvalue weighted by Gasteiger charge is -2.04. The monoisotopic (exact) mass is 246 g/mol. The molecule has 2 aromatic carbocycles. The van der Waals surface area contributed by atoms with Gasteiger partial charge in [-0.2, -0.15) is 0 Å². The van der Waals surface area contributed by atoms with E-state index < -0.39 is 0 Å². The van der Waals surface area contributed by atoms with Crippen LogP contribution in [0.1, 0.15) is 31.4 Å². The molecule has 0 aliphatic carbocycles. The van der Waals surface area contributed by atoms with Crippen molar-refractivity contribution in [3.05, 3.63) is 77.4 Å². The summed E-state index contributed by atoms with van der Waals surface area (Å²) in [4.78, 5) is 0. The third-order valence-electron chi connectivity index (χ3n) is 3.13. The van der Waals surface area contributed by atoms with Gasteiger partial charge >= 0.3 is 0 Å². The molecule has 94 valence electrons. The van der Waals surface area contributed by atoms with E-state index in [1.165, 1.54) is 11.1 Å². The predicted molar refractivity (Wildman–Crippen MR) is 82.6 cm³/mol. The molecule has 0 aromatic heterocycles. The molecule has 2 aromatic rings. The summed E-state index contributed by atoms with van der Waals surface area (Å²) in [6.45, 7) is 4.32. The Morgan fingerprint density at radius 3 is 2.05 bits per heavy atom. The first kappa shape index (κ1) is 13.2. The molecule has 0 atom stereocenters. The van der Waals surface area contributed by atoms with Gasteiger partial charge in [-0.1, -0.05) is 72.9 Å². The van der Waals surface area contributed by atoms with E-state index in [9.17, 15) is 0 Å². The van der Waals surface area contributed by atoms with Crippen molar-refractivity contribution < 1.29 is 0 Å². The topological polar surface area (TPSA) is 0 Å². The van der Waals surface area contributed by atoms with Gasteiger partial charge in [-0.05, 0) is 31.0 Å². The Labute approximate surface area is 115 Å². The average molecular weight is 246 g/mol. The maximum Gasteiger partial charge on any atom is 0.0310 e. The van der Waals surface area contributed by atoms with Crippen molar-refractivity contribution in [1.82, 2.24) is 0 Å². The SMILES string of the molecule is CC/C(C)=C(/C#Cc1ccccc1)c1ccccc1. The molecular formula is C19H18. The van der Waals surface area contributed by atoms with Crippen LogP contribution < -0.4 is 0 Å². The van der Waals surface area contributed by atoms with E-state index in [4.69, 9.17) is 0 Å². The molecule has 19 heavy (non-hydrogen) atoms. The van der Waals surface area contributed by atoms with E-state index >= 15 is 0 Å². The maximum atomic E-state index is 3.33. The van der Waals surface area contributed by atoms with Gasteiger partial charge in [0.05, 0.1) is 0 Å². The molecule has 0 unspecified atom stereocenters. The second-order valence-corrected chi connectivity index (χ2v) is 4.49. The molecular weight excluding hydrogens is 228 g/mol. The Balaban J connectivity index is 2.40. The van der Waals surface area contributed by atoms with Gasteiger partial charge in [0.25, 0.3) is 0 Å². The number of rotatable bonds is 2. The summed E-state index contributed by atoms with van der Waals surface area (Å²) in [7, 11) is 0. The summed E-state index contributed by atoms with van der Waals surface area (Å²) in [6, 6.07) is 20.5. The molecule has 2 rings (SSSR count). The second-order valence-electron chi connectivity index (χ2n) is 4.49. The van der Waals surface area contributed by atoms with Gasteiger partial charge in [-0.3, -0.25) is 0 Å². The predicted octanol–water partition coefficient (Wildman–Crippen LogP) is 4.92. The van der Waals surface area contributed by atoms with Gasteiger partial charge in [-0.25, -0.2) is 0 Å². The Morgan fingerprint density at radius 1 is 0.895 bits per heavy atom. The minimum atomic E-state index is 1.02. The highest BCUT2D eigenvalue weighted by Gasteiger charge is 2.01. The minimum Gasteiger partial charge on any atom is -0.0622 e. The molecule has 0 aliphatic heterocycles. The largest absolute Gasteiger partial charge is 0.0622 e. The van der Waals surface area contributed by atoms with Gasteiger partial charge in [0, 0.05) is 11.1 Å². The van der Waals surface area contributed by atoms with Crippen molar-refractivity contribution in [2.75, 3.05) is 0 Å². The normalized spacial score (nSPS) is 11.3. The van der Waals surface area contributed by atoms with Gasteiger partial charge in [0.1, 0.15) is 0 Å². The van der Waals surface area contributed by atoms with Crippen LogP contribution in [0.3, 0.4) is 0 Å². The Bertz CT molecular complexity index is 607. The molecule has 0 radical (unpaired) electrons. The zero-order valence-electron chi connectivity index (χ0n) is 11.5. The first-order valence-electron chi connectivity index (χ1n) is 6.63. The van der Waals surface area contributed by atoms with Crippen molar-refractivity contribution in [3.63, 3.8) is 0 Å². The minimum absolute atomic E-state index is 1.02. The standard InChI is InChI=1S/C19H18/c1-3-16(2)19(18-12-8-5-9-13-18)15-14-17-10-6-4-7-11-17/h4-13H,3H2,1-2H3/b19-16-. The lowest BCUT2D eigenvalue weighted by Crippen LogP contribution is -1.86. The van der Waals surface area contributed by atoms with Crippen molar-refractivity contribution in [1.29, 1.82) is 0 Å². The fraction of sp³-hybridized carbons (Fsp3) is 0.158. The van der Waals surface area contributed by atoms with Gasteiger partial charge in [0.2, 0.25) is 0 Å². The maximum absolute atomic E-state index is 3.33. The van der Waals surface area contributed by atoms with E-state index in [-0.39, 0.29) is 0 Å². The zero-order chi connectivity index (χ0) is 13.5. The summed E-state index contributed by atoms with van der Waals surface area (Å²) in [5.74, 6) is 6.58. The molecule has 0 spiro atoms. The van der Waals surface area contributed by atoms with Gasteiger partial charge < -0.3 is 0 Å². The fourth-order valence-electron chi connectivity index (χ4n) is 1.86. The van der Waals surface area contributed by atoms with E-state index in [1.54, 1.807) is 0 Å². The van der Waals surface area contributed by atoms with Crippen LogP contribution in [-0.4, -0.2) is 0 Å². The van der Waals surface area contributed by atoms with Crippen LogP contribution in [0, 0.1) is 11.8 Å². The molecule has 0 nitrogen and oxygen atoms in total. The van der Waals surface area contributed by atoms with Crippen LogP contribution in [0.15, 0.2) is 66.2 Å². The fourth-order valence-corrected chi connectivity index (χ4v) is 1.86. The van der Waals surface area contributed by atoms with Gasteiger partial charge in [-0.15, -0.1) is 0 Å². The smallest absolute Gasteiger partial charge is 0.0310 e. The van der Waals surface area contributed by atoms with Crippen LogP contribution in [0.25, 0.3) is 5.57 Å². The number of hydrogen-bond donors (Lipinski definition) is 0. The molecule has 0 aliphatic rings. The molecule has 0 heteroatoms. The first-order valence-corrected chi connectivity index (χ1v) is 6.63. The summed E-state index contributed by atoms with van der Waals surface area (Å²) < 4.78 is 0. The molecule has 0 fully saturated rings. The molecule has 0 saturated carbocycles. The first-order chi connectivity index (χ1) is 9.31. The highest BCUT2D eigenvalue weighted by Crippen LogP contribution is 2.19. The van der Waals surface area contributed by atoms with Gasteiger partial charge in [0.15, 0.2) is 0 Å². The molecule has 0 N–H and O–H groups in total. The van der Waals surface area contributed by atoms with E-state index in [1.807, 2.05) is 36.4 Å². The van der Waals surface area contributed by atoms with Crippen LogP contribution in [-0.2, 0) is 0 Å². The van der Waals surface area contributed by atoms with Crippen LogP contribution in [0.2, 0.25) is 0 Å². The average Bonchev–Trinajstić information content (AvgIpc) is 2.49. The van der Waals surface area contributed by atoms with E-state index in [0.29, 0.717) is 0 Å². The lowest BCUT2D eigenvalue weighted by molar-refractivity contribution is 1.11.